The molecule has 1 heterocycles. The first kappa shape index (κ1) is 13.2. The van der Waals surface area contributed by atoms with Crippen molar-refractivity contribution in [3.8, 4) is 10.4 Å². The molecule has 2 aromatic rings. The number of methoxy groups -OCH3 is 2. The average Bonchev–Trinajstić information content (AvgIpc) is 3.07. The number of hydrogen-bond acceptors (Lipinski definition) is 5. The molecule has 1 aliphatic carbocycles. The van der Waals surface area contributed by atoms with Gasteiger partial charge in [0.1, 0.15) is 0 Å². The summed E-state index contributed by atoms with van der Waals surface area (Å²) in [5.74, 6) is -2.71. The molecule has 20 heavy (non-hydrogen) atoms. The highest BCUT2D eigenvalue weighted by Crippen LogP contribution is 2.36. The molecule has 0 saturated heterocycles. The third-order valence-electron chi connectivity index (χ3n) is 3.49. The third-order valence-corrected chi connectivity index (χ3v) is 4.41. The largest absolute Gasteiger partial charge is 0.341 e. The first-order valence-corrected chi connectivity index (χ1v) is 6.90. The fourth-order valence-electron chi connectivity index (χ4n) is 2.44. The number of ketones is 2. The van der Waals surface area contributed by atoms with Gasteiger partial charge in [0, 0.05) is 30.2 Å². The zero-order chi connectivity index (χ0) is 14.3. The van der Waals surface area contributed by atoms with Crippen molar-refractivity contribution in [3.63, 3.8) is 0 Å². The first-order valence-electron chi connectivity index (χ1n) is 6.02. The molecule has 5 heteroatoms. The van der Waals surface area contributed by atoms with Gasteiger partial charge < -0.3 is 9.47 Å². The van der Waals surface area contributed by atoms with Crippen molar-refractivity contribution in [1.82, 2.24) is 0 Å². The van der Waals surface area contributed by atoms with E-state index in [0.29, 0.717) is 11.1 Å². The van der Waals surface area contributed by atoms with Crippen LogP contribution in [0.15, 0.2) is 35.7 Å². The van der Waals surface area contributed by atoms with E-state index in [4.69, 9.17) is 9.47 Å². The monoisotopic (exact) mass is 288 g/mol. The van der Waals surface area contributed by atoms with E-state index >= 15 is 0 Å². The second kappa shape index (κ2) is 4.63. The minimum atomic E-state index is -1.82. The summed E-state index contributed by atoms with van der Waals surface area (Å²) >= 11 is 1.58. The van der Waals surface area contributed by atoms with Crippen LogP contribution in [-0.2, 0) is 9.47 Å². The SMILES string of the molecule is COC1(OC)C(=O)c2ccc(-c3cccs3)cc2C1=O. The number of fused-ring (bicyclic) bond motifs is 1. The Bertz CT molecular complexity index is 684. The fraction of sp³-hybridized carbons (Fsp3) is 0.200. The molecule has 0 radical (unpaired) electrons. The minimum absolute atomic E-state index is 0.346. The van der Waals surface area contributed by atoms with E-state index in [0.717, 1.165) is 10.4 Å². The molecule has 0 spiro atoms. The summed E-state index contributed by atoms with van der Waals surface area (Å²) in [5, 5.41) is 1.96. The van der Waals surface area contributed by atoms with Crippen LogP contribution in [0.5, 0.6) is 0 Å². The van der Waals surface area contributed by atoms with E-state index in [1.807, 2.05) is 23.6 Å². The van der Waals surface area contributed by atoms with E-state index in [-0.39, 0.29) is 0 Å². The third kappa shape index (κ3) is 1.61. The van der Waals surface area contributed by atoms with Gasteiger partial charge in [-0.05, 0) is 29.1 Å². The molecular formula is C15H12O4S. The molecule has 0 atom stereocenters. The molecule has 0 saturated carbocycles. The smallest absolute Gasteiger partial charge is 0.299 e. The lowest BCUT2D eigenvalue weighted by molar-refractivity contribution is -0.133. The number of rotatable bonds is 3. The molecule has 1 aliphatic rings. The highest BCUT2D eigenvalue weighted by Gasteiger charge is 2.54. The van der Waals surface area contributed by atoms with Crippen LogP contribution in [-0.4, -0.2) is 31.6 Å². The van der Waals surface area contributed by atoms with Crippen LogP contribution >= 0.6 is 11.3 Å². The van der Waals surface area contributed by atoms with Crippen LogP contribution in [0, 0.1) is 0 Å². The van der Waals surface area contributed by atoms with Crippen molar-refractivity contribution < 1.29 is 19.1 Å². The Labute approximate surface area is 119 Å². The fourth-order valence-corrected chi connectivity index (χ4v) is 3.16. The zero-order valence-electron chi connectivity index (χ0n) is 11.0. The lowest BCUT2D eigenvalue weighted by Crippen LogP contribution is -2.45. The summed E-state index contributed by atoms with van der Waals surface area (Å²) in [7, 11) is 2.59. The van der Waals surface area contributed by atoms with Gasteiger partial charge in [-0.25, -0.2) is 0 Å². The Balaban J connectivity index is 2.15. The van der Waals surface area contributed by atoms with Crippen molar-refractivity contribution in [2.45, 2.75) is 5.79 Å². The molecule has 0 aliphatic heterocycles. The number of benzene rings is 1. The molecule has 1 aromatic heterocycles. The van der Waals surface area contributed by atoms with Crippen LogP contribution in [0.1, 0.15) is 20.7 Å². The Morgan fingerprint density at radius 3 is 2.30 bits per heavy atom. The van der Waals surface area contributed by atoms with Gasteiger partial charge in [0.15, 0.2) is 0 Å². The second-order valence-electron chi connectivity index (χ2n) is 4.42. The van der Waals surface area contributed by atoms with Crippen LogP contribution in [0.3, 0.4) is 0 Å². The molecule has 0 N–H and O–H groups in total. The van der Waals surface area contributed by atoms with Gasteiger partial charge in [0.25, 0.3) is 5.79 Å². The van der Waals surface area contributed by atoms with E-state index in [9.17, 15) is 9.59 Å². The Hall–Kier alpha value is -1.82. The maximum absolute atomic E-state index is 12.4. The van der Waals surface area contributed by atoms with E-state index < -0.39 is 17.4 Å². The normalized spacial score (nSPS) is 16.5. The molecule has 3 rings (SSSR count). The molecule has 0 bridgehead atoms. The number of thiophene rings is 1. The van der Waals surface area contributed by atoms with Crippen molar-refractivity contribution in [1.29, 1.82) is 0 Å². The predicted molar refractivity (Wildman–Crippen MR) is 75.2 cm³/mol. The Morgan fingerprint density at radius 2 is 1.70 bits per heavy atom. The quantitative estimate of drug-likeness (QED) is 0.643. The number of ether oxygens (including phenoxy) is 2. The second-order valence-corrected chi connectivity index (χ2v) is 5.37. The minimum Gasteiger partial charge on any atom is -0.341 e. The van der Waals surface area contributed by atoms with Gasteiger partial charge in [0.05, 0.1) is 0 Å². The topological polar surface area (TPSA) is 52.6 Å². The molecular weight excluding hydrogens is 276 g/mol. The zero-order valence-corrected chi connectivity index (χ0v) is 11.8. The molecule has 4 nitrogen and oxygen atoms in total. The summed E-state index contributed by atoms with van der Waals surface area (Å²) in [5.41, 5.74) is 1.60. The number of hydrogen-bond donors (Lipinski definition) is 0. The van der Waals surface area contributed by atoms with Gasteiger partial charge in [-0.15, -0.1) is 11.3 Å². The van der Waals surface area contributed by atoms with Crippen molar-refractivity contribution >= 4 is 22.9 Å². The van der Waals surface area contributed by atoms with Gasteiger partial charge in [-0.2, -0.15) is 0 Å². The summed E-state index contributed by atoms with van der Waals surface area (Å²) in [4.78, 5) is 25.8. The van der Waals surface area contributed by atoms with Crippen LogP contribution in [0.2, 0.25) is 0 Å². The van der Waals surface area contributed by atoms with Gasteiger partial charge in [-0.3, -0.25) is 9.59 Å². The predicted octanol–water partition coefficient (Wildman–Crippen LogP) is 2.78. The van der Waals surface area contributed by atoms with Crippen LogP contribution < -0.4 is 0 Å². The van der Waals surface area contributed by atoms with E-state index in [1.165, 1.54) is 14.2 Å². The maximum atomic E-state index is 12.4. The number of carbonyl (C=O) groups is 2. The van der Waals surface area contributed by atoms with Crippen molar-refractivity contribution in [3.05, 3.63) is 46.8 Å². The van der Waals surface area contributed by atoms with E-state index in [1.54, 1.807) is 23.5 Å². The summed E-state index contributed by atoms with van der Waals surface area (Å²) < 4.78 is 10.1. The molecule has 0 unspecified atom stereocenters. The lowest BCUT2D eigenvalue weighted by atomic mass is 10.0. The Kier molecular flexibility index (Phi) is 3.05. The van der Waals surface area contributed by atoms with Crippen molar-refractivity contribution in [2.75, 3.05) is 14.2 Å². The molecule has 0 amide bonds. The first-order chi connectivity index (χ1) is 9.64. The number of Topliss-reactive ketones (excluding diaryl/α,β-unsaturated/α-hetero) is 2. The highest BCUT2D eigenvalue weighted by molar-refractivity contribution is 7.13. The van der Waals surface area contributed by atoms with E-state index in [2.05, 4.69) is 0 Å². The Morgan fingerprint density at radius 1 is 1.00 bits per heavy atom. The lowest BCUT2D eigenvalue weighted by Gasteiger charge is -2.21. The summed E-state index contributed by atoms with van der Waals surface area (Å²) in [6, 6.07) is 9.12. The highest BCUT2D eigenvalue weighted by atomic mass is 32.1. The maximum Gasteiger partial charge on any atom is 0.299 e. The molecule has 0 fully saturated rings. The van der Waals surface area contributed by atoms with Crippen LogP contribution in [0.4, 0.5) is 0 Å². The standard InChI is InChI=1S/C15H12O4S/c1-18-15(19-2)13(16)10-6-5-9(8-11(10)14(15)17)12-4-3-7-20-12/h3-8H,1-2H3. The average molecular weight is 288 g/mol. The van der Waals surface area contributed by atoms with Gasteiger partial charge >= 0.3 is 0 Å². The summed E-state index contributed by atoms with van der Waals surface area (Å²) in [6.07, 6.45) is 0. The summed E-state index contributed by atoms with van der Waals surface area (Å²) in [6.45, 7) is 0. The van der Waals surface area contributed by atoms with Gasteiger partial charge in [-0.1, -0.05) is 12.1 Å². The van der Waals surface area contributed by atoms with Crippen molar-refractivity contribution in [2.24, 2.45) is 0 Å². The van der Waals surface area contributed by atoms with Crippen LogP contribution in [0.25, 0.3) is 10.4 Å². The number of carbonyl (C=O) groups excluding carboxylic acids is 2. The molecule has 1 aromatic carbocycles. The molecule has 102 valence electrons. The van der Waals surface area contributed by atoms with Gasteiger partial charge in [0.2, 0.25) is 11.6 Å².